The van der Waals surface area contributed by atoms with Gasteiger partial charge >= 0.3 is 5.97 Å². The molecule has 0 spiro atoms. The molecule has 18 heavy (non-hydrogen) atoms. The molecule has 4 heteroatoms. The molecule has 1 atom stereocenters. The van der Waals surface area contributed by atoms with Crippen LogP contribution in [-0.4, -0.2) is 15.6 Å². The quantitative estimate of drug-likeness (QED) is 0.903. The standard InChI is InChI=1S/C14H16FNO2/c1-8(2)16-12-6-4-5-11(15)10(12)7-13(16)9(3)14(17)18/h4-9H,1-3H3,(H,17,18). The van der Waals surface area contributed by atoms with Crippen molar-refractivity contribution >= 4 is 16.9 Å². The molecular weight excluding hydrogens is 233 g/mol. The van der Waals surface area contributed by atoms with Crippen molar-refractivity contribution < 1.29 is 14.3 Å². The van der Waals surface area contributed by atoms with Gasteiger partial charge in [0.15, 0.2) is 0 Å². The van der Waals surface area contributed by atoms with Crippen molar-refractivity contribution in [2.45, 2.75) is 32.7 Å². The number of carboxylic acids is 1. The highest BCUT2D eigenvalue weighted by Gasteiger charge is 2.22. The van der Waals surface area contributed by atoms with Crippen LogP contribution < -0.4 is 0 Å². The molecular formula is C14H16FNO2. The first-order valence-corrected chi connectivity index (χ1v) is 5.95. The Morgan fingerprint density at radius 2 is 2.00 bits per heavy atom. The molecule has 1 heterocycles. The van der Waals surface area contributed by atoms with E-state index in [4.69, 9.17) is 5.11 Å². The number of benzene rings is 1. The third-order valence-electron chi connectivity index (χ3n) is 3.19. The van der Waals surface area contributed by atoms with E-state index in [9.17, 15) is 9.18 Å². The number of fused-ring (bicyclic) bond motifs is 1. The predicted octanol–water partition coefficient (Wildman–Crippen LogP) is 3.55. The van der Waals surface area contributed by atoms with E-state index in [1.165, 1.54) is 6.07 Å². The van der Waals surface area contributed by atoms with E-state index in [0.29, 0.717) is 11.1 Å². The van der Waals surface area contributed by atoms with E-state index in [-0.39, 0.29) is 11.9 Å². The Morgan fingerprint density at radius 3 is 2.56 bits per heavy atom. The minimum Gasteiger partial charge on any atom is -0.481 e. The predicted molar refractivity (Wildman–Crippen MR) is 68.3 cm³/mol. The zero-order valence-electron chi connectivity index (χ0n) is 10.6. The van der Waals surface area contributed by atoms with E-state index in [1.807, 2.05) is 24.5 Å². The molecule has 1 N–H and O–H groups in total. The van der Waals surface area contributed by atoms with Gasteiger partial charge < -0.3 is 9.67 Å². The third-order valence-corrected chi connectivity index (χ3v) is 3.19. The zero-order chi connectivity index (χ0) is 13.4. The molecule has 96 valence electrons. The molecule has 1 aromatic carbocycles. The summed E-state index contributed by atoms with van der Waals surface area (Å²) in [6.07, 6.45) is 0. The number of carbonyl (C=O) groups is 1. The second-order valence-corrected chi connectivity index (χ2v) is 4.77. The summed E-state index contributed by atoms with van der Waals surface area (Å²) < 4.78 is 15.6. The Hall–Kier alpha value is -1.84. The first-order valence-electron chi connectivity index (χ1n) is 5.95. The van der Waals surface area contributed by atoms with Crippen LogP contribution in [0.2, 0.25) is 0 Å². The van der Waals surface area contributed by atoms with Gasteiger partial charge in [0.2, 0.25) is 0 Å². The van der Waals surface area contributed by atoms with Gasteiger partial charge in [0.05, 0.1) is 11.4 Å². The molecule has 0 aliphatic heterocycles. The summed E-state index contributed by atoms with van der Waals surface area (Å²) in [7, 11) is 0. The molecule has 0 saturated carbocycles. The lowest BCUT2D eigenvalue weighted by atomic mass is 10.1. The Labute approximate surface area is 105 Å². The first-order chi connectivity index (χ1) is 8.43. The Balaban J connectivity index is 2.77. The summed E-state index contributed by atoms with van der Waals surface area (Å²) in [5, 5.41) is 9.61. The maximum Gasteiger partial charge on any atom is 0.312 e. The van der Waals surface area contributed by atoms with Crippen LogP contribution in [0.4, 0.5) is 4.39 Å². The van der Waals surface area contributed by atoms with Crippen LogP contribution in [0.15, 0.2) is 24.3 Å². The lowest BCUT2D eigenvalue weighted by Crippen LogP contribution is -2.14. The summed E-state index contributed by atoms with van der Waals surface area (Å²) in [4.78, 5) is 11.1. The number of carboxylic acid groups (broad SMARTS) is 1. The Kier molecular flexibility index (Phi) is 3.11. The summed E-state index contributed by atoms with van der Waals surface area (Å²) in [5.41, 5.74) is 1.38. The molecule has 0 saturated heterocycles. The summed E-state index contributed by atoms with van der Waals surface area (Å²) >= 11 is 0. The van der Waals surface area contributed by atoms with Crippen molar-refractivity contribution in [3.05, 3.63) is 35.8 Å². The minimum atomic E-state index is -0.903. The molecule has 0 amide bonds. The zero-order valence-corrected chi connectivity index (χ0v) is 10.6. The molecule has 1 unspecified atom stereocenters. The second-order valence-electron chi connectivity index (χ2n) is 4.77. The normalized spacial score (nSPS) is 13.2. The van der Waals surface area contributed by atoms with Gasteiger partial charge in [-0.2, -0.15) is 0 Å². The number of aromatic nitrogens is 1. The number of hydrogen-bond donors (Lipinski definition) is 1. The van der Waals surface area contributed by atoms with E-state index in [1.54, 1.807) is 19.1 Å². The fraction of sp³-hybridized carbons (Fsp3) is 0.357. The van der Waals surface area contributed by atoms with Gasteiger partial charge in [-0.05, 0) is 39.0 Å². The highest BCUT2D eigenvalue weighted by molar-refractivity contribution is 5.85. The lowest BCUT2D eigenvalue weighted by Gasteiger charge is -2.17. The molecule has 0 aliphatic carbocycles. The largest absolute Gasteiger partial charge is 0.481 e. The summed E-state index contributed by atoms with van der Waals surface area (Å²) in [6, 6.07) is 6.58. The maximum atomic E-state index is 13.7. The summed E-state index contributed by atoms with van der Waals surface area (Å²) in [5.74, 6) is -1.87. The Bertz CT molecular complexity index is 601. The van der Waals surface area contributed by atoms with Gasteiger partial charge in [-0.3, -0.25) is 4.79 Å². The number of nitrogens with zero attached hydrogens (tertiary/aromatic N) is 1. The van der Waals surface area contributed by atoms with Crippen molar-refractivity contribution in [3.63, 3.8) is 0 Å². The maximum absolute atomic E-state index is 13.7. The molecule has 0 radical (unpaired) electrons. The second kappa shape index (κ2) is 4.44. The van der Waals surface area contributed by atoms with Gasteiger partial charge in [-0.25, -0.2) is 4.39 Å². The van der Waals surface area contributed by atoms with Crippen LogP contribution in [0.3, 0.4) is 0 Å². The van der Waals surface area contributed by atoms with Gasteiger partial charge in [-0.15, -0.1) is 0 Å². The van der Waals surface area contributed by atoms with E-state index < -0.39 is 11.9 Å². The molecule has 1 aromatic heterocycles. The van der Waals surface area contributed by atoms with Crippen molar-refractivity contribution in [3.8, 4) is 0 Å². The van der Waals surface area contributed by atoms with E-state index in [0.717, 1.165) is 5.52 Å². The van der Waals surface area contributed by atoms with Crippen LogP contribution >= 0.6 is 0 Å². The first kappa shape index (κ1) is 12.6. The molecule has 2 rings (SSSR count). The topological polar surface area (TPSA) is 42.2 Å². The van der Waals surface area contributed by atoms with Crippen LogP contribution in [0.25, 0.3) is 10.9 Å². The van der Waals surface area contributed by atoms with Crippen LogP contribution in [-0.2, 0) is 4.79 Å². The Morgan fingerprint density at radius 1 is 1.33 bits per heavy atom. The van der Waals surface area contributed by atoms with Crippen molar-refractivity contribution in [1.29, 1.82) is 0 Å². The lowest BCUT2D eigenvalue weighted by molar-refractivity contribution is -0.138. The highest BCUT2D eigenvalue weighted by Crippen LogP contribution is 2.30. The number of rotatable bonds is 3. The highest BCUT2D eigenvalue weighted by atomic mass is 19.1. The van der Waals surface area contributed by atoms with Gasteiger partial charge in [0, 0.05) is 17.1 Å². The molecule has 3 nitrogen and oxygen atoms in total. The minimum absolute atomic E-state index is 0.0844. The van der Waals surface area contributed by atoms with Crippen molar-refractivity contribution in [2.75, 3.05) is 0 Å². The fourth-order valence-corrected chi connectivity index (χ4v) is 2.27. The third kappa shape index (κ3) is 1.88. The van der Waals surface area contributed by atoms with Crippen LogP contribution in [0.1, 0.15) is 38.4 Å². The fourth-order valence-electron chi connectivity index (χ4n) is 2.27. The number of halogens is 1. The number of hydrogen-bond acceptors (Lipinski definition) is 1. The molecule has 0 bridgehead atoms. The van der Waals surface area contributed by atoms with Crippen molar-refractivity contribution in [1.82, 2.24) is 4.57 Å². The van der Waals surface area contributed by atoms with E-state index >= 15 is 0 Å². The van der Waals surface area contributed by atoms with Crippen LogP contribution in [0.5, 0.6) is 0 Å². The molecule has 0 fully saturated rings. The monoisotopic (exact) mass is 249 g/mol. The average molecular weight is 249 g/mol. The van der Waals surface area contributed by atoms with E-state index in [2.05, 4.69) is 0 Å². The average Bonchev–Trinajstić information content (AvgIpc) is 2.68. The van der Waals surface area contributed by atoms with Crippen LogP contribution in [0, 0.1) is 5.82 Å². The molecule has 0 aliphatic rings. The number of aliphatic carboxylic acids is 1. The van der Waals surface area contributed by atoms with Gasteiger partial charge in [0.1, 0.15) is 5.82 Å². The van der Waals surface area contributed by atoms with Gasteiger partial charge in [-0.1, -0.05) is 6.07 Å². The van der Waals surface area contributed by atoms with Crippen molar-refractivity contribution in [2.24, 2.45) is 0 Å². The smallest absolute Gasteiger partial charge is 0.312 e. The van der Waals surface area contributed by atoms with Gasteiger partial charge in [0.25, 0.3) is 0 Å². The summed E-state index contributed by atoms with van der Waals surface area (Å²) in [6.45, 7) is 5.54. The SMILES string of the molecule is CC(C(=O)O)c1cc2c(F)cccc2n1C(C)C. The molecule has 2 aromatic rings.